The van der Waals surface area contributed by atoms with E-state index in [9.17, 15) is 18.0 Å². The average Bonchev–Trinajstić information content (AvgIpc) is 3.22. The van der Waals surface area contributed by atoms with Gasteiger partial charge in [-0.15, -0.1) is 0 Å². The van der Waals surface area contributed by atoms with Gasteiger partial charge < -0.3 is 10.2 Å². The molecular weight excluding hydrogens is 462 g/mol. The van der Waals surface area contributed by atoms with Gasteiger partial charge in [-0.2, -0.15) is 0 Å². The molecule has 2 amide bonds. The summed E-state index contributed by atoms with van der Waals surface area (Å²) in [6.07, 6.45) is 6.57. The molecule has 33 heavy (non-hydrogen) atoms. The molecule has 1 aliphatic carbocycles. The van der Waals surface area contributed by atoms with E-state index in [1.807, 2.05) is 17.9 Å². The first kappa shape index (κ1) is 26.0. The molecule has 0 bridgehead atoms. The number of nitrogens with zero attached hydrogens (tertiary/aromatic N) is 2. The van der Waals surface area contributed by atoms with Crippen molar-refractivity contribution in [1.82, 2.24) is 9.80 Å². The minimum atomic E-state index is -3.20. The predicted molar refractivity (Wildman–Crippen MR) is 132 cm³/mol. The van der Waals surface area contributed by atoms with Gasteiger partial charge in [0.05, 0.1) is 5.75 Å². The number of piperazine rings is 1. The molecule has 1 N–H and O–H groups in total. The van der Waals surface area contributed by atoms with Crippen LogP contribution in [0.5, 0.6) is 0 Å². The lowest BCUT2D eigenvalue weighted by Crippen LogP contribution is -2.53. The van der Waals surface area contributed by atoms with E-state index in [1.54, 1.807) is 6.07 Å². The highest BCUT2D eigenvalue weighted by molar-refractivity contribution is 7.90. The second kappa shape index (κ2) is 11.2. The van der Waals surface area contributed by atoms with Crippen LogP contribution in [0.3, 0.4) is 0 Å². The fourth-order valence-electron chi connectivity index (χ4n) is 4.89. The van der Waals surface area contributed by atoms with Crippen LogP contribution in [0.15, 0.2) is 12.1 Å². The summed E-state index contributed by atoms with van der Waals surface area (Å²) in [6, 6.07) is 3.76. The molecule has 1 aromatic carbocycles. The van der Waals surface area contributed by atoms with Crippen LogP contribution in [0.25, 0.3) is 0 Å². The Hall–Kier alpha value is -1.64. The molecule has 9 heteroatoms. The highest BCUT2D eigenvalue weighted by Gasteiger charge is 2.29. The maximum absolute atomic E-state index is 12.8. The summed E-state index contributed by atoms with van der Waals surface area (Å²) in [5, 5.41) is 3.33. The van der Waals surface area contributed by atoms with Gasteiger partial charge in [0.1, 0.15) is 9.84 Å². The third kappa shape index (κ3) is 7.69. The average molecular weight is 498 g/mol. The van der Waals surface area contributed by atoms with E-state index < -0.39 is 9.84 Å². The summed E-state index contributed by atoms with van der Waals surface area (Å²) < 4.78 is 22.7. The molecule has 2 aliphatic rings. The van der Waals surface area contributed by atoms with Crippen molar-refractivity contribution in [2.24, 2.45) is 5.92 Å². The summed E-state index contributed by atoms with van der Waals surface area (Å²) in [4.78, 5) is 29.4. The van der Waals surface area contributed by atoms with Gasteiger partial charge in [-0.25, -0.2) is 8.42 Å². The first-order valence-electron chi connectivity index (χ1n) is 11.8. The van der Waals surface area contributed by atoms with Crippen molar-refractivity contribution in [2.75, 3.05) is 37.0 Å². The molecule has 1 aliphatic heterocycles. The van der Waals surface area contributed by atoms with Gasteiger partial charge in [0.25, 0.3) is 0 Å². The SMILES string of the molecule is Cc1c(CN2CCN(C(=O)CC3CCCC3)C(C)C2)cc(Cl)cc1NC(=O)CCS(C)(=O)=O. The number of hydrogen-bond donors (Lipinski definition) is 1. The van der Waals surface area contributed by atoms with Crippen molar-refractivity contribution >= 4 is 38.9 Å². The molecule has 1 heterocycles. The van der Waals surface area contributed by atoms with Crippen LogP contribution < -0.4 is 5.32 Å². The van der Waals surface area contributed by atoms with E-state index in [1.165, 1.54) is 25.7 Å². The maximum atomic E-state index is 12.8. The third-order valence-electron chi connectivity index (χ3n) is 6.82. The Kier molecular flexibility index (Phi) is 8.81. The van der Waals surface area contributed by atoms with E-state index in [0.717, 1.165) is 37.0 Å². The van der Waals surface area contributed by atoms with Crippen LogP contribution >= 0.6 is 11.6 Å². The zero-order chi connectivity index (χ0) is 24.2. The van der Waals surface area contributed by atoms with Gasteiger partial charge in [-0.05, 0) is 55.9 Å². The number of nitrogens with one attached hydrogen (secondary N) is 1. The molecule has 1 aromatic rings. The normalized spacial score (nSPS) is 20.2. The number of amides is 2. The summed E-state index contributed by atoms with van der Waals surface area (Å²) >= 11 is 6.33. The smallest absolute Gasteiger partial charge is 0.225 e. The second-order valence-corrected chi connectivity index (χ2v) is 12.4. The number of hydrogen-bond acceptors (Lipinski definition) is 5. The molecule has 3 rings (SSSR count). The molecule has 184 valence electrons. The van der Waals surface area contributed by atoms with Crippen molar-refractivity contribution < 1.29 is 18.0 Å². The van der Waals surface area contributed by atoms with E-state index in [-0.39, 0.29) is 30.0 Å². The first-order chi connectivity index (χ1) is 15.5. The van der Waals surface area contributed by atoms with Crippen molar-refractivity contribution in [1.29, 1.82) is 0 Å². The number of sulfone groups is 1. The van der Waals surface area contributed by atoms with Crippen LogP contribution in [0, 0.1) is 12.8 Å². The molecule has 7 nitrogen and oxygen atoms in total. The van der Waals surface area contributed by atoms with Crippen LogP contribution in [-0.2, 0) is 26.0 Å². The van der Waals surface area contributed by atoms with Gasteiger partial charge in [-0.1, -0.05) is 24.4 Å². The standard InChI is InChI=1S/C24H36ClN3O4S/c1-17-15-27(9-10-28(17)24(30)12-19-6-4-5-7-19)16-20-13-21(25)14-22(18(20)2)26-23(29)8-11-33(3,31)32/h13-14,17,19H,4-12,15-16H2,1-3H3,(H,26,29). The molecule has 2 fully saturated rings. The fourth-order valence-corrected chi connectivity index (χ4v) is 5.68. The minimum absolute atomic E-state index is 0.0888. The van der Waals surface area contributed by atoms with Crippen LogP contribution in [-0.4, -0.2) is 67.7 Å². The van der Waals surface area contributed by atoms with Gasteiger partial charge >= 0.3 is 0 Å². The van der Waals surface area contributed by atoms with Crippen molar-refractivity contribution in [2.45, 2.75) is 65.0 Å². The van der Waals surface area contributed by atoms with Crippen molar-refractivity contribution in [3.8, 4) is 0 Å². The summed E-state index contributed by atoms with van der Waals surface area (Å²) in [5.41, 5.74) is 2.53. The van der Waals surface area contributed by atoms with E-state index in [0.29, 0.717) is 29.6 Å². The van der Waals surface area contributed by atoms with Gasteiger partial charge in [0.15, 0.2) is 0 Å². The Balaban J connectivity index is 1.59. The number of rotatable bonds is 8. The van der Waals surface area contributed by atoms with Crippen LogP contribution in [0.4, 0.5) is 5.69 Å². The molecule has 0 aromatic heterocycles. The third-order valence-corrected chi connectivity index (χ3v) is 7.98. The number of carbonyl (C=O) groups is 2. The summed E-state index contributed by atoms with van der Waals surface area (Å²) in [7, 11) is -3.20. The van der Waals surface area contributed by atoms with Gasteiger partial charge in [0.2, 0.25) is 11.8 Å². The quantitative estimate of drug-likeness (QED) is 0.592. The molecule has 1 unspecified atom stereocenters. The summed E-state index contributed by atoms with van der Waals surface area (Å²) in [5.74, 6) is 0.308. The van der Waals surface area contributed by atoms with E-state index in [2.05, 4.69) is 17.1 Å². The topological polar surface area (TPSA) is 86.8 Å². The van der Waals surface area contributed by atoms with E-state index >= 15 is 0 Å². The molecule has 0 spiro atoms. The Morgan fingerprint density at radius 1 is 1.18 bits per heavy atom. The second-order valence-electron chi connectivity index (χ2n) is 9.69. The fraction of sp³-hybridized carbons (Fsp3) is 0.667. The summed E-state index contributed by atoms with van der Waals surface area (Å²) in [6.45, 7) is 7.02. The monoisotopic (exact) mass is 497 g/mol. The maximum Gasteiger partial charge on any atom is 0.225 e. The van der Waals surface area contributed by atoms with Gasteiger partial charge in [-0.3, -0.25) is 14.5 Å². The molecule has 0 radical (unpaired) electrons. The lowest BCUT2D eigenvalue weighted by atomic mass is 10.0. The number of carbonyl (C=O) groups excluding carboxylic acids is 2. The van der Waals surface area contributed by atoms with Gasteiger partial charge in [0, 0.05) is 62.0 Å². The number of benzene rings is 1. The minimum Gasteiger partial charge on any atom is -0.337 e. The van der Waals surface area contributed by atoms with Crippen LogP contribution in [0.1, 0.15) is 56.6 Å². The number of halogens is 1. The number of anilines is 1. The molecule has 1 saturated heterocycles. The zero-order valence-corrected chi connectivity index (χ0v) is 21.5. The Bertz CT molecular complexity index is 976. The van der Waals surface area contributed by atoms with Crippen LogP contribution in [0.2, 0.25) is 5.02 Å². The predicted octanol–water partition coefficient (Wildman–Crippen LogP) is 3.63. The van der Waals surface area contributed by atoms with Crippen molar-refractivity contribution in [3.63, 3.8) is 0 Å². The molecule has 1 atom stereocenters. The highest BCUT2D eigenvalue weighted by Crippen LogP contribution is 2.30. The molecule has 1 saturated carbocycles. The Labute approximate surface area is 202 Å². The molecular formula is C24H36ClN3O4S. The Morgan fingerprint density at radius 3 is 2.52 bits per heavy atom. The zero-order valence-electron chi connectivity index (χ0n) is 19.9. The van der Waals surface area contributed by atoms with E-state index in [4.69, 9.17) is 11.6 Å². The first-order valence-corrected chi connectivity index (χ1v) is 14.2. The largest absolute Gasteiger partial charge is 0.337 e. The highest BCUT2D eigenvalue weighted by atomic mass is 35.5. The lowest BCUT2D eigenvalue weighted by Gasteiger charge is -2.40. The van der Waals surface area contributed by atoms with Crippen molar-refractivity contribution in [3.05, 3.63) is 28.3 Å². The Morgan fingerprint density at radius 2 is 1.88 bits per heavy atom. The lowest BCUT2D eigenvalue weighted by molar-refractivity contribution is -0.136.